The minimum absolute atomic E-state index is 0.0267. The van der Waals surface area contributed by atoms with Gasteiger partial charge < -0.3 is 19.9 Å². The van der Waals surface area contributed by atoms with Crippen LogP contribution in [0.25, 0.3) is 0 Å². The predicted molar refractivity (Wildman–Crippen MR) is 69.2 cm³/mol. The molecule has 1 aromatic heterocycles. The van der Waals surface area contributed by atoms with Crippen LogP contribution in [0.3, 0.4) is 0 Å². The number of carbonyl (C=O) groups is 2. The first-order chi connectivity index (χ1) is 9.20. The molecule has 1 aliphatic heterocycles. The SMILES string of the molecule is COCCN1CC(C(=O)NCc2cc[nH]c2)CC1=O. The molecule has 0 spiro atoms. The molecular weight excluding hydrogens is 246 g/mol. The van der Waals surface area contributed by atoms with Gasteiger partial charge in [-0.05, 0) is 11.6 Å². The zero-order valence-corrected chi connectivity index (χ0v) is 11.0. The highest BCUT2D eigenvalue weighted by atomic mass is 16.5. The van der Waals surface area contributed by atoms with Crippen molar-refractivity contribution in [2.45, 2.75) is 13.0 Å². The van der Waals surface area contributed by atoms with Crippen molar-refractivity contribution in [3.8, 4) is 0 Å². The van der Waals surface area contributed by atoms with Crippen molar-refractivity contribution in [3.63, 3.8) is 0 Å². The van der Waals surface area contributed by atoms with Gasteiger partial charge in [-0.15, -0.1) is 0 Å². The molecule has 0 radical (unpaired) electrons. The zero-order valence-electron chi connectivity index (χ0n) is 11.0. The van der Waals surface area contributed by atoms with Gasteiger partial charge >= 0.3 is 0 Å². The fraction of sp³-hybridized carbons (Fsp3) is 0.538. The van der Waals surface area contributed by atoms with Crippen molar-refractivity contribution in [2.24, 2.45) is 5.92 Å². The Labute approximate surface area is 112 Å². The number of ether oxygens (including phenoxy) is 1. The number of nitrogens with zero attached hydrogens (tertiary/aromatic N) is 1. The molecule has 1 saturated heterocycles. The van der Waals surface area contributed by atoms with Gasteiger partial charge in [0.05, 0.1) is 12.5 Å². The Kier molecular flexibility index (Phi) is 4.57. The van der Waals surface area contributed by atoms with Gasteiger partial charge in [0.15, 0.2) is 0 Å². The first-order valence-corrected chi connectivity index (χ1v) is 6.37. The molecule has 2 rings (SSSR count). The molecule has 1 unspecified atom stereocenters. The third-order valence-electron chi connectivity index (χ3n) is 3.28. The number of carbonyl (C=O) groups excluding carboxylic acids is 2. The zero-order chi connectivity index (χ0) is 13.7. The summed E-state index contributed by atoms with van der Waals surface area (Å²) in [7, 11) is 1.60. The minimum atomic E-state index is -0.247. The highest BCUT2D eigenvalue weighted by Crippen LogP contribution is 2.17. The third-order valence-corrected chi connectivity index (χ3v) is 3.28. The van der Waals surface area contributed by atoms with Crippen LogP contribution in [0, 0.1) is 5.92 Å². The Balaban J connectivity index is 1.79. The second-order valence-electron chi connectivity index (χ2n) is 4.67. The summed E-state index contributed by atoms with van der Waals surface area (Å²) in [6.45, 7) is 2.03. The summed E-state index contributed by atoms with van der Waals surface area (Å²) in [5, 5.41) is 2.86. The highest BCUT2D eigenvalue weighted by molar-refractivity contribution is 5.89. The molecule has 6 heteroatoms. The van der Waals surface area contributed by atoms with Crippen LogP contribution in [0.2, 0.25) is 0 Å². The molecule has 104 valence electrons. The second-order valence-corrected chi connectivity index (χ2v) is 4.67. The van der Waals surface area contributed by atoms with Crippen molar-refractivity contribution >= 4 is 11.8 Å². The average molecular weight is 265 g/mol. The van der Waals surface area contributed by atoms with Crippen molar-refractivity contribution in [2.75, 3.05) is 26.8 Å². The van der Waals surface area contributed by atoms with Gasteiger partial charge in [0.25, 0.3) is 0 Å². The van der Waals surface area contributed by atoms with Gasteiger partial charge in [0.1, 0.15) is 0 Å². The highest BCUT2D eigenvalue weighted by Gasteiger charge is 2.33. The molecule has 0 saturated carbocycles. The lowest BCUT2D eigenvalue weighted by molar-refractivity contribution is -0.129. The minimum Gasteiger partial charge on any atom is -0.383 e. The van der Waals surface area contributed by atoms with Crippen molar-refractivity contribution in [1.82, 2.24) is 15.2 Å². The van der Waals surface area contributed by atoms with Crippen LogP contribution in [-0.4, -0.2) is 48.5 Å². The average Bonchev–Trinajstić information content (AvgIpc) is 3.03. The smallest absolute Gasteiger partial charge is 0.225 e. The van der Waals surface area contributed by atoms with Crippen LogP contribution in [0.4, 0.5) is 0 Å². The summed E-state index contributed by atoms with van der Waals surface area (Å²) in [5.41, 5.74) is 1.02. The Morgan fingerprint density at radius 3 is 3.16 bits per heavy atom. The van der Waals surface area contributed by atoms with Crippen molar-refractivity contribution in [3.05, 3.63) is 24.0 Å². The van der Waals surface area contributed by atoms with Crippen LogP contribution in [-0.2, 0) is 20.9 Å². The maximum Gasteiger partial charge on any atom is 0.225 e. The molecule has 1 aromatic rings. The van der Waals surface area contributed by atoms with Gasteiger partial charge in [0.2, 0.25) is 11.8 Å². The quantitative estimate of drug-likeness (QED) is 0.767. The monoisotopic (exact) mass is 265 g/mol. The van der Waals surface area contributed by atoms with Gasteiger partial charge in [-0.25, -0.2) is 0 Å². The number of hydrogen-bond acceptors (Lipinski definition) is 3. The van der Waals surface area contributed by atoms with E-state index in [-0.39, 0.29) is 17.7 Å². The standard InChI is InChI=1S/C13H19N3O3/c1-19-5-4-16-9-11(6-12(16)17)13(18)15-8-10-2-3-14-7-10/h2-3,7,11,14H,4-6,8-9H2,1H3,(H,15,18). The Bertz CT molecular complexity index is 430. The number of rotatable bonds is 6. The Morgan fingerprint density at radius 2 is 2.47 bits per heavy atom. The number of H-pyrrole nitrogens is 1. The van der Waals surface area contributed by atoms with Crippen molar-refractivity contribution < 1.29 is 14.3 Å². The van der Waals surface area contributed by atoms with E-state index in [4.69, 9.17) is 4.74 Å². The largest absolute Gasteiger partial charge is 0.383 e. The van der Waals surface area contributed by atoms with E-state index in [1.165, 1.54) is 0 Å². The van der Waals surface area contributed by atoms with Gasteiger partial charge in [-0.1, -0.05) is 0 Å². The topological polar surface area (TPSA) is 74.4 Å². The van der Waals surface area contributed by atoms with Crippen LogP contribution in [0.15, 0.2) is 18.5 Å². The number of aromatic nitrogens is 1. The van der Waals surface area contributed by atoms with E-state index in [1.807, 2.05) is 18.5 Å². The predicted octanol–water partition coefficient (Wildman–Crippen LogP) is 0.126. The van der Waals surface area contributed by atoms with Crippen LogP contribution in [0.1, 0.15) is 12.0 Å². The summed E-state index contributed by atoms with van der Waals surface area (Å²) in [6.07, 6.45) is 3.95. The van der Waals surface area contributed by atoms with E-state index in [1.54, 1.807) is 12.0 Å². The maximum absolute atomic E-state index is 12.0. The molecular formula is C13H19N3O3. The molecule has 1 atom stereocenters. The summed E-state index contributed by atoms with van der Waals surface area (Å²) in [4.78, 5) is 28.3. The fourth-order valence-electron chi connectivity index (χ4n) is 2.17. The van der Waals surface area contributed by atoms with E-state index in [9.17, 15) is 9.59 Å². The van der Waals surface area contributed by atoms with Crippen LogP contribution < -0.4 is 5.32 Å². The first kappa shape index (κ1) is 13.6. The van der Waals surface area contributed by atoms with E-state index in [0.29, 0.717) is 32.7 Å². The molecule has 1 fully saturated rings. The maximum atomic E-state index is 12.0. The molecule has 6 nitrogen and oxygen atoms in total. The molecule has 2 heterocycles. The van der Waals surface area contributed by atoms with E-state index < -0.39 is 0 Å². The fourth-order valence-corrected chi connectivity index (χ4v) is 2.17. The summed E-state index contributed by atoms with van der Waals surface area (Å²) >= 11 is 0. The number of aromatic amines is 1. The number of hydrogen-bond donors (Lipinski definition) is 2. The number of nitrogens with one attached hydrogen (secondary N) is 2. The summed E-state index contributed by atoms with van der Waals surface area (Å²) < 4.78 is 4.95. The van der Waals surface area contributed by atoms with E-state index in [2.05, 4.69) is 10.3 Å². The lowest BCUT2D eigenvalue weighted by Gasteiger charge is -2.15. The van der Waals surface area contributed by atoms with E-state index >= 15 is 0 Å². The molecule has 0 aromatic carbocycles. The molecule has 1 aliphatic rings. The number of amides is 2. The van der Waals surface area contributed by atoms with Gasteiger partial charge in [0, 0.05) is 45.6 Å². The summed E-state index contributed by atoms with van der Waals surface area (Å²) in [6, 6.07) is 1.91. The van der Waals surface area contributed by atoms with Crippen LogP contribution >= 0.6 is 0 Å². The molecule has 0 bridgehead atoms. The molecule has 19 heavy (non-hydrogen) atoms. The van der Waals surface area contributed by atoms with Gasteiger partial charge in [-0.2, -0.15) is 0 Å². The molecule has 2 amide bonds. The van der Waals surface area contributed by atoms with Crippen LogP contribution in [0.5, 0.6) is 0 Å². The normalized spacial score (nSPS) is 18.9. The number of likely N-dealkylation sites (tertiary alicyclic amines) is 1. The molecule has 2 N–H and O–H groups in total. The van der Waals surface area contributed by atoms with Gasteiger partial charge in [-0.3, -0.25) is 9.59 Å². The third kappa shape index (κ3) is 3.57. The second kappa shape index (κ2) is 6.38. The lowest BCUT2D eigenvalue weighted by Crippen LogP contribution is -2.33. The molecule has 0 aliphatic carbocycles. The number of methoxy groups -OCH3 is 1. The Morgan fingerprint density at radius 1 is 1.63 bits per heavy atom. The first-order valence-electron chi connectivity index (χ1n) is 6.37. The Hall–Kier alpha value is -1.82. The van der Waals surface area contributed by atoms with E-state index in [0.717, 1.165) is 5.56 Å². The van der Waals surface area contributed by atoms with Crippen molar-refractivity contribution in [1.29, 1.82) is 0 Å². The summed E-state index contributed by atoms with van der Waals surface area (Å²) in [5.74, 6) is -0.281. The lowest BCUT2D eigenvalue weighted by atomic mass is 10.1.